The first kappa shape index (κ1) is 14.6. The van der Waals surface area contributed by atoms with Crippen molar-refractivity contribution in [3.63, 3.8) is 0 Å². The van der Waals surface area contributed by atoms with Crippen LogP contribution in [0.15, 0.2) is 6.07 Å². The van der Waals surface area contributed by atoms with Crippen LogP contribution >= 0.6 is 0 Å². The average Bonchev–Trinajstić information content (AvgIpc) is 2.35. The predicted octanol–water partition coefficient (Wildman–Crippen LogP) is 3.76. The number of aldehydes is 1. The van der Waals surface area contributed by atoms with E-state index in [1.54, 1.807) is 14.2 Å². The summed E-state index contributed by atoms with van der Waals surface area (Å²) < 4.78 is 10.9. The molecule has 0 unspecified atom stereocenters. The second kappa shape index (κ2) is 5.89. The van der Waals surface area contributed by atoms with Crippen LogP contribution in [0.1, 0.15) is 61.0 Å². The molecule has 100 valence electrons. The van der Waals surface area contributed by atoms with E-state index in [-0.39, 0.29) is 5.92 Å². The van der Waals surface area contributed by atoms with E-state index in [2.05, 4.69) is 27.7 Å². The van der Waals surface area contributed by atoms with E-state index in [4.69, 9.17) is 9.47 Å². The summed E-state index contributed by atoms with van der Waals surface area (Å²) in [4.78, 5) is 11.2. The van der Waals surface area contributed by atoms with E-state index in [0.29, 0.717) is 17.2 Å². The highest BCUT2D eigenvalue weighted by molar-refractivity contribution is 5.82. The van der Waals surface area contributed by atoms with Crippen LogP contribution in [0.3, 0.4) is 0 Å². The highest BCUT2D eigenvalue weighted by Gasteiger charge is 2.22. The van der Waals surface area contributed by atoms with Gasteiger partial charge in [0.2, 0.25) is 0 Å². The van der Waals surface area contributed by atoms with Crippen molar-refractivity contribution in [3.8, 4) is 11.5 Å². The van der Waals surface area contributed by atoms with Crippen molar-refractivity contribution in [2.45, 2.75) is 39.5 Å². The zero-order valence-electron chi connectivity index (χ0n) is 12.0. The molecule has 0 N–H and O–H groups in total. The fraction of sp³-hybridized carbons (Fsp3) is 0.533. The lowest BCUT2D eigenvalue weighted by atomic mass is 9.90. The Morgan fingerprint density at radius 1 is 1.00 bits per heavy atom. The van der Waals surface area contributed by atoms with Crippen molar-refractivity contribution in [2.75, 3.05) is 14.2 Å². The molecule has 0 aliphatic heterocycles. The van der Waals surface area contributed by atoms with Gasteiger partial charge in [-0.3, -0.25) is 4.79 Å². The quantitative estimate of drug-likeness (QED) is 0.746. The number of carbonyl (C=O) groups excluding carboxylic acids is 1. The van der Waals surface area contributed by atoms with E-state index in [0.717, 1.165) is 23.2 Å². The van der Waals surface area contributed by atoms with Crippen molar-refractivity contribution >= 4 is 6.29 Å². The largest absolute Gasteiger partial charge is 0.496 e. The second-order valence-electron chi connectivity index (χ2n) is 4.96. The molecular weight excluding hydrogens is 228 g/mol. The van der Waals surface area contributed by atoms with Gasteiger partial charge in [-0.05, 0) is 23.5 Å². The Morgan fingerprint density at radius 3 is 1.89 bits per heavy atom. The minimum atomic E-state index is 0.229. The van der Waals surface area contributed by atoms with Crippen molar-refractivity contribution in [1.82, 2.24) is 0 Å². The molecule has 0 bridgehead atoms. The first-order valence-electron chi connectivity index (χ1n) is 6.21. The second-order valence-corrected chi connectivity index (χ2v) is 4.96. The summed E-state index contributed by atoms with van der Waals surface area (Å²) in [6.07, 6.45) is 0.843. The van der Waals surface area contributed by atoms with Crippen LogP contribution in [0.4, 0.5) is 0 Å². The van der Waals surface area contributed by atoms with Crippen LogP contribution in [0.25, 0.3) is 0 Å². The number of rotatable bonds is 5. The molecule has 0 saturated carbocycles. The van der Waals surface area contributed by atoms with Gasteiger partial charge < -0.3 is 9.47 Å². The van der Waals surface area contributed by atoms with Crippen LogP contribution < -0.4 is 9.47 Å². The van der Waals surface area contributed by atoms with Crippen LogP contribution in [0, 0.1) is 0 Å². The lowest BCUT2D eigenvalue weighted by Crippen LogP contribution is -2.06. The van der Waals surface area contributed by atoms with Crippen LogP contribution in [-0.4, -0.2) is 20.5 Å². The molecular formula is C15H22O3. The Balaban J connectivity index is 3.69. The van der Waals surface area contributed by atoms with Gasteiger partial charge in [-0.1, -0.05) is 27.7 Å². The Bertz CT molecular complexity index is 434. The molecule has 0 aliphatic carbocycles. The number of carbonyl (C=O) groups is 1. The van der Waals surface area contributed by atoms with Gasteiger partial charge in [0.1, 0.15) is 11.5 Å². The summed E-state index contributed by atoms with van der Waals surface area (Å²) in [5.74, 6) is 1.98. The Kier molecular flexibility index (Phi) is 4.76. The predicted molar refractivity (Wildman–Crippen MR) is 73.1 cm³/mol. The number of methoxy groups -OCH3 is 2. The molecule has 0 fully saturated rings. The molecule has 0 spiro atoms. The van der Waals surface area contributed by atoms with Gasteiger partial charge in [0, 0.05) is 5.56 Å². The first-order valence-corrected chi connectivity index (χ1v) is 6.21. The molecule has 3 nitrogen and oxygen atoms in total. The molecule has 18 heavy (non-hydrogen) atoms. The molecule has 1 aromatic rings. The molecule has 0 saturated heterocycles. The van der Waals surface area contributed by atoms with Crippen LogP contribution in [0.5, 0.6) is 11.5 Å². The highest BCUT2D eigenvalue weighted by atomic mass is 16.5. The number of hydrogen-bond donors (Lipinski definition) is 0. The van der Waals surface area contributed by atoms with Gasteiger partial charge in [0.25, 0.3) is 0 Å². The summed E-state index contributed by atoms with van der Waals surface area (Å²) in [7, 11) is 3.25. The topological polar surface area (TPSA) is 35.5 Å². The zero-order chi connectivity index (χ0) is 13.9. The molecule has 1 aromatic carbocycles. The Labute approximate surface area is 109 Å². The van der Waals surface area contributed by atoms with Crippen LogP contribution in [0.2, 0.25) is 0 Å². The van der Waals surface area contributed by atoms with E-state index in [1.165, 1.54) is 0 Å². The summed E-state index contributed by atoms with van der Waals surface area (Å²) in [5.41, 5.74) is 2.60. The first-order chi connectivity index (χ1) is 8.47. The maximum Gasteiger partial charge on any atom is 0.153 e. The zero-order valence-corrected chi connectivity index (χ0v) is 12.0. The van der Waals surface area contributed by atoms with Crippen molar-refractivity contribution in [1.29, 1.82) is 0 Å². The highest BCUT2D eigenvalue weighted by Crippen LogP contribution is 2.42. The standard InChI is InChI=1S/C15H22O3/c1-9(2)12-7-11(8-16)14(17-5)13(10(3)4)15(12)18-6/h7-10H,1-6H3. The van der Waals surface area contributed by atoms with Gasteiger partial charge >= 0.3 is 0 Å². The van der Waals surface area contributed by atoms with Gasteiger partial charge in [0.05, 0.1) is 19.8 Å². The van der Waals surface area contributed by atoms with Gasteiger partial charge in [-0.25, -0.2) is 0 Å². The molecule has 0 amide bonds. The van der Waals surface area contributed by atoms with E-state index >= 15 is 0 Å². The third-order valence-corrected chi connectivity index (χ3v) is 3.06. The number of ether oxygens (including phenoxy) is 2. The summed E-state index contributed by atoms with van der Waals surface area (Å²) in [5, 5.41) is 0. The molecule has 0 heterocycles. The molecule has 0 aliphatic rings. The SMILES string of the molecule is COc1c(C=O)cc(C(C)C)c(OC)c1C(C)C. The maximum atomic E-state index is 11.2. The lowest BCUT2D eigenvalue weighted by molar-refractivity contribution is 0.112. The van der Waals surface area contributed by atoms with Gasteiger partial charge in [-0.15, -0.1) is 0 Å². The van der Waals surface area contributed by atoms with Crippen molar-refractivity contribution in [3.05, 3.63) is 22.8 Å². The third-order valence-electron chi connectivity index (χ3n) is 3.06. The summed E-state index contributed by atoms with van der Waals surface area (Å²) >= 11 is 0. The van der Waals surface area contributed by atoms with E-state index in [1.807, 2.05) is 6.07 Å². The average molecular weight is 250 g/mol. The fourth-order valence-electron chi connectivity index (χ4n) is 2.21. The van der Waals surface area contributed by atoms with Crippen molar-refractivity contribution < 1.29 is 14.3 Å². The fourth-order valence-corrected chi connectivity index (χ4v) is 2.21. The molecule has 0 aromatic heterocycles. The normalized spacial score (nSPS) is 10.9. The number of benzene rings is 1. The maximum absolute atomic E-state index is 11.2. The lowest BCUT2D eigenvalue weighted by Gasteiger charge is -2.22. The molecule has 3 heteroatoms. The number of hydrogen-bond acceptors (Lipinski definition) is 3. The summed E-state index contributed by atoms with van der Waals surface area (Å²) in [6, 6.07) is 1.86. The van der Waals surface area contributed by atoms with Crippen LogP contribution in [-0.2, 0) is 0 Å². The Morgan fingerprint density at radius 2 is 1.56 bits per heavy atom. The monoisotopic (exact) mass is 250 g/mol. The third kappa shape index (κ3) is 2.50. The minimum Gasteiger partial charge on any atom is -0.496 e. The van der Waals surface area contributed by atoms with E-state index in [9.17, 15) is 4.79 Å². The van der Waals surface area contributed by atoms with Gasteiger partial charge in [-0.2, -0.15) is 0 Å². The Hall–Kier alpha value is -1.51. The molecule has 0 atom stereocenters. The van der Waals surface area contributed by atoms with Gasteiger partial charge in [0.15, 0.2) is 6.29 Å². The molecule has 0 radical (unpaired) electrons. The molecule has 1 rings (SSSR count). The minimum absolute atomic E-state index is 0.229. The summed E-state index contributed by atoms with van der Waals surface area (Å²) in [6.45, 7) is 8.31. The smallest absolute Gasteiger partial charge is 0.153 e. The van der Waals surface area contributed by atoms with Crippen molar-refractivity contribution in [2.24, 2.45) is 0 Å². The van der Waals surface area contributed by atoms with E-state index < -0.39 is 0 Å².